The van der Waals surface area contributed by atoms with Gasteiger partial charge in [-0.15, -0.1) is 0 Å². The summed E-state index contributed by atoms with van der Waals surface area (Å²) in [6, 6.07) is 74.0. The highest BCUT2D eigenvalue weighted by atomic mass is 16.3. The van der Waals surface area contributed by atoms with Crippen molar-refractivity contribution in [2.45, 2.75) is 0 Å². The highest BCUT2D eigenvalue weighted by molar-refractivity contribution is 6.18. The molecular weight excluding hydrogens is 669 g/mol. The van der Waals surface area contributed by atoms with Crippen molar-refractivity contribution in [3.63, 3.8) is 0 Å². The van der Waals surface area contributed by atoms with Gasteiger partial charge in [0, 0.05) is 43.9 Å². The molecule has 0 amide bonds. The zero-order valence-corrected chi connectivity index (χ0v) is 29.9. The minimum Gasteiger partial charge on any atom is -0.455 e. The second-order valence-electron chi connectivity index (χ2n) is 14.1. The second kappa shape index (κ2) is 12.6. The number of hydrogen-bond acceptors (Lipinski definition) is 2. The van der Waals surface area contributed by atoms with E-state index in [0.29, 0.717) is 0 Å². The fraction of sp³-hybridized carbons (Fsp3) is 0. The minimum absolute atomic E-state index is 0.897. The van der Waals surface area contributed by atoms with E-state index in [1.165, 1.54) is 32.7 Å². The van der Waals surface area contributed by atoms with Crippen LogP contribution in [-0.4, -0.2) is 4.57 Å². The first-order valence-corrected chi connectivity index (χ1v) is 18.8. The van der Waals surface area contributed by atoms with E-state index in [1.807, 2.05) is 6.07 Å². The van der Waals surface area contributed by atoms with Crippen molar-refractivity contribution in [3.05, 3.63) is 206 Å². The lowest BCUT2D eigenvalue weighted by molar-refractivity contribution is 0.670. The molecule has 3 heteroatoms. The molecule has 0 radical (unpaired) electrons. The van der Waals surface area contributed by atoms with Crippen molar-refractivity contribution in [1.82, 2.24) is 4.57 Å². The zero-order chi connectivity index (χ0) is 36.3. The molecule has 0 saturated carbocycles. The van der Waals surface area contributed by atoms with Gasteiger partial charge in [0.15, 0.2) is 0 Å². The van der Waals surface area contributed by atoms with Gasteiger partial charge in [-0.3, -0.25) is 0 Å². The van der Waals surface area contributed by atoms with Crippen LogP contribution in [0.1, 0.15) is 0 Å². The number of nitrogens with zero attached hydrogens (tertiary/aromatic N) is 2. The third kappa shape index (κ3) is 4.98. The molecule has 2 aromatic heterocycles. The van der Waals surface area contributed by atoms with E-state index >= 15 is 0 Å². The molecule has 0 aliphatic rings. The van der Waals surface area contributed by atoms with Gasteiger partial charge in [-0.2, -0.15) is 0 Å². The van der Waals surface area contributed by atoms with Gasteiger partial charge in [0.05, 0.1) is 28.1 Å². The molecule has 55 heavy (non-hydrogen) atoms. The van der Waals surface area contributed by atoms with Crippen LogP contribution in [0.3, 0.4) is 0 Å². The summed E-state index contributed by atoms with van der Waals surface area (Å²) in [4.78, 5) is 2.45. The first kappa shape index (κ1) is 31.2. The fourth-order valence-electron chi connectivity index (χ4n) is 8.55. The predicted octanol–water partition coefficient (Wildman–Crippen LogP) is 14.6. The molecule has 0 atom stereocenters. The van der Waals surface area contributed by atoms with Crippen molar-refractivity contribution in [3.8, 4) is 27.9 Å². The van der Waals surface area contributed by atoms with Crippen LogP contribution in [0.15, 0.2) is 211 Å². The van der Waals surface area contributed by atoms with E-state index in [2.05, 4.69) is 210 Å². The van der Waals surface area contributed by atoms with Crippen LogP contribution in [0.2, 0.25) is 0 Å². The summed E-state index contributed by atoms with van der Waals surface area (Å²) in [5.41, 5.74) is 13.0. The van der Waals surface area contributed by atoms with Crippen LogP contribution in [0.25, 0.3) is 82.5 Å². The largest absolute Gasteiger partial charge is 0.455 e. The van der Waals surface area contributed by atoms with Crippen molar-refractivity contribution < 1.29 is 4.42 Å². The molecule has 0 saturated heterocycles. The molecule has 0 spiro atoms. The number of para-hydroxylation sites is 5. The molecule has 0 bridgehead atoms. The lowest BCUT2D eigenvalue weighted by Gasteiger charge is -2.29. The zero-order valence-electron chi connectivity index (χ0n) is 29.9. The van der Waals surface area contributed by atoms with E-state index in [-0.39, 0.29) is 0 Å². The van der Waals surface area contributed by atoms with Gasteiger partial charge >= 0.3 is 0 Å². The molecule has 0 N–H and O–H groups in total. The third-order valence-electron chi connectivity index (χ3n) is 11.0. The smallest absolute Gasteiger partial charge is 0.143 e. The lowest BCUT2D eigenvalue weighted by Crippen LogP contribution is -2.12. The van der Waals surface area contributed by atoms with Crippen molar-refractivity contribution in [2.75, 3.05) is 4.90 Å². The van der Waals surface area contributed by atoms with Crippen LogP contribution in [-0.2, 0) is 0 Å². The molecule has 9 aromatic carbocycles. The molecule has 0 unspecified atom stereocenters. The van der Waals surface area contributed by atoms with E-state index in [9.17, 15) is 0 Å². The molecule has 0 aliphatic carbocycles. The monoisotopic (exact) mass is 702 g/mol. The normalized spacial score (nSPS) is 11.6. The van der Waals surface area contributed by atoms with Gasteiger partial charge in [0.1, 0.15) is 11.2 Å². The molecule has 0 aliphatic heterocycles. The number of furan rings is 1. The average Bonchev–Trinajstić information content (AvgIpc) is 3.81. The highest BCUT2D eigenvalue weighted by Crippen LogP contribution is 2.48. The number of aromatic nitrogens is 1. The lowest BCUT2D eigenvalue weighted by atomic mass is 9.97. The van der Waals surface area contributed by atoms with Crippen LogP contribution in [0.5, 0.6) is 0 Å². The number of fused-ring (bicyclic) bond motifs is 7. The Morgan fingerprint density at radius 2 is 1.02 bits per heavy atom. The number of benzene rings is 9. The Kier molecular flexibility index (Phi) is 7.17. The summed E-state index contributed by atoms with van der Waals surface area (Å²) < 4.78 is 9.03. The predicted molar refractivity (Wildman–Crippen MR) is 231 cm³/mol. The average molecular weight is 703 g/mol. The number of rotatable bonds is 6. The Bertz CT molecular complexity index is 3210. The number of hydrogen-bond donors (Lipinski definition) is 0. The first-order chi connectivity index (χ1) is 27.3. The van der Waals surface area contributed by atoms with Crippen LogP contribution in [0.4, 0.5) is 17.1 Å². The van der Waals surface area contributed by atoms with Crippen molar-refractivity contribution >= 4 is 71.6 Å². The van der Waals surface area contributed by atoms with Gasteiger partial charge < -0.3 is 13.9 Å². The van der Waals surface area contributed by atoms with E-state index in [1.54, 1.807) is 0 Å². The molecule has 258 valence electrons. The summed E-state index contributed by atoms with van der Waals surface area (Å²) in [5.74, 6) is 0. The minimum atomic E-state index is 0.897. The Hall–Kier alpha value is -7.36. The van der Waals surface area contributed by atoms with Gasteiger partial charge in [-0.25, -0.2) is 0 Å². The summed E-state index contributed by atoms with van der Waals surface area (Å²) in [6.07, 6.45) is 0. The Balaban J connectivity index is 1.21. The molecular formula is C52H34N2O. The van der Waals surface area contributed by atoms with Crippen LogP contribution >= 0.6 is 0 Å². The van der Waals surface area contributed by atoms with E-state index < -0.39 is 0 Å². The maximum atomic E-state index is 6.60. The Morgan fingerprint density at radius 1 is 0.400 bits per heavy atom. The Labute approximate surface area is 318 Å². The first-order valence-electron chi connectivity index (χ1n) is 18.8. The molecule has 11 rings (SSSR count). The van der Waals surface area contributed by atoms with E-state index in [0.717, 1.165) is 66.8 Å². The van der Waals surface area contributed by atoms with Gasteiger partial charge in [-0.05, 0) is 70.9 Å². The second-order valence-corrected chi connectivity index (χ2v) is 14.1. The standard InChI is InChI=1S/C52H34N2O/c1-3-17-35(18-4-1)44-33-36-19-7-8-20-37(36)34-49(44)53(38-21-5-2-6-22-38)47-30-16-31-48-51(47)43-25-10-13-29-46(43)54(48)45-28-12-9-23-39(45)41-26-15-27-42-40-24-11-14-32-50(40)55-52(41)42/h1-34H. The fourth-order valence-corrected chi connectivity index (χ4v) is 8.55. The Morgan fingerprint density at radius 3 is 1.87 bits per heavy atom. The summed E-state index contributed by atoms with van der Waals surface area (Å²) in [5, 5.41) is 7.03. The topological polar surface area (TPSA) is 21.3 Å². The molecule has 2 heterocycles. The molecule has 0 fully saturated rings. The van der Waals surface area contributed by atoms with Crippen LogP contribution in [0, 0.1) is 0 Å². The summed E-state index contributed by atoms with van der Waals surface area (Å²) in [7, 11) is 0. The van der Waals surface area contributed by atoms with Gasteiger partial charge in [0.25, 0.3) is 0 Å². The van der Waals surface area contributed by atoms with E-state index in [4.69, 9.17) is 4.42 Å². The van der Waals surface area contributed by atoms with Crippen LogP contribution < -0.4 is 4.90 Å². The molecule has 11 aromatic rings. The third-order valence-corrected chi connectivity index (χ3v) is 11.0. The summed E-state index contributed by atoms with van der Waals surface area (Å²) >= 11 is 0. The maximum absolute atomic E-state index is 6.60. The van der Waals surface area contributed by atoms with Crippen molar-refractivity contribution in [1.29, 1.82) is 0 Å². The van der Waals surface area contributed by atoms with Gasteiger partial charge in [-0.1, -0.05) is 152 Å². The highest BCUT2D eigenvalue weighted by Gasteiger charge is 2.25. The van der Waals surface area contributed by atoms with Gasteiger partial charge in [0.2, 0.25) is 0 Å². The SMILES string of the molecule is c1ccc(-c2cc3ccccc3cc2N(c2ccccc2)c2cccc3c2c2ccccc2n3-c2ccccc2-c2cccc3c2oc2ccccc23)cc1. The summed E-state index contributed by atoms with van der Waals surface area (Å²) in [6.45, 7) is 0. The quantitative estimate of drug-likeness (QED) is 0.172. The maximum Gasteiger partial charge on any atom is 0.143 e. The van der Waals surface area contributed by atoms with Crippen molar-refractivity contribution in [2.24, 2.45) is 0 Å². The number of anilines is 3. The molecule has 3 nitrogen and oxygen atoms in total.